The van der Waals surface area contributed by atoms with Crippen LogP contribution < -0.4 is 21.7 Å². The van der Waals surface area contributed by atoms with Gasteiger partial charge in [-0.05, 0) is 73.7 Å². The molecule has 5 rings (SSSR count). The SMILES string of the molecule is Cl.NCCCC[C@H](NC(=O)C1OC1C(=O)NC1Cc2ccccc2C1)C(=O)NC1Cc2ccccc2C1. The van der Waals surface area contributed by atoms with E-state index in [1.54, 1.807) is 0 Å². The number of rotatable bonds is 10. The summed E-state index contributed by atoms with van der Waals surface area (Å²) in [4.78, 5) is 38.7. The predicted molar refractivity (Wildman–Crippen MR) is 142 cm³/mol. The monoisotopic (exact) mass is 526 g/mol. The van der Waals surface area contributed by atoms with E-state index in [0.717, 1.165) is 38.5 Å². The van der Waals surface area contributed by atoms with Crippen molar-refractivity contribution in [1.29, 1.82) is 0 Å². The van der Waals surface area contributed by atoms with Crippen LogP contribution in [0.1, 0.15) is 41.5 Å². The van der Waals surface area contributed by atoms with Gasteiger partial charge in [-0.15, -0.1) is 12.4 Å². The minimum atomic E-state index is -0.866. The van der Waals surface area contributed by atoms with Gasteiger partial charge in [0, 0.05) is 12.1 Å². The first-order valence-corrected chi connectivity index (χ1v) is 12.9. The van der Waals surface area contributed by atoms with Crippen LogP contribution in [-0.2, 0) is 44.8 Å². The van der Waals surface area contributed by atoms with Crippen LogP contribution in [0.5, 0.6) is 0 Å². The minimum absolute atomic E-state index is 0. The van der Waals surface area contributed by atoms with Gasteiger partial charge in [0.15, 0.2) is 12.2 Å². The lowest BCUT2D eigenvalue weighted by molar-refractivity contribution is -0.130. The second-order valence-electron chi connectivity index (χ2n) is 10.1. The highest BCUT2D eigenvalue weighted by Crippen LogP contribution is 2.26. The molecule has 37 heavy (non-hydrogen) atoms. The van der Waals surface area contributed by atoms with Gasteiger partial charge < -0.3 is 26.4 Å². The number of carbonyl (C=O) groups excluding carboxylic acids is 3. The number of carbonyl (C=O) groups is 3. The number of fused-ring (bicyclic) bond motifs is 2. The summed E-state index contributed by atoms with van der Waals surface area (Å²) in [5, 5.41) is 8.94. The highest BCUT2D eigenvalue weighted by Gasteiger charge is 2.51. The quantitative estimate of drug-likeness (QED) is 0.275. The highest BCUT2D eigenvalue weighted by atomic mass is 35.5. The summed E-state index contributed by atoms with van der Waals surface area (Å²) in [5.41, 5.74) is 10.6. The standard InChI is InChI=1S/C28H34N4O4.ClH/c29-12-6-5-11-23(26(33)30-21-13-17-7-1-2-8-18(17)14-21)32-28(35)25-24(36-25)27(34)31-22-15-19-9-3-4-10-20(19)16-22;/h1-4,7-10,21-25H,5-6,11-16,29H2,(H,30,33)(H,31,34)(H,32,35);1H/t23-,24?,25?;/m0./s1. The van der Waals surface area contributed by atoms with Crippen LogP contribution in [0.15, 0.2) is 48.5 Å². The molecule has 2 unspecified atom stereocenters. The Kier molecular flexibility index (Phi) is 8.84. The Hall–Kier alpha value is -2.94. The number of unbranched alkanes of at least 4 members (excludes halogenated alkanes) is 1. The number of hydrogen-bond donors (Lipinski definition) is 4. The van der Waals surface area contributed by atoms with Crippen LogP contribution in [-0.4, -0.2) is 54.6 Å². The molecular formula is C28H35ClN4O4. The van der Waals surface area contributed by atoms with Crippen molar-refractivity contribution in [3.63, 3.8) is 0 Å². The Labute approximate surface area is 223 Å². The van der Waals surface area contributed by atoms with E-state index in [1.807, 2.05) is 24.3 Å². The van der Waals surface area contributed by atoms with Gasteiger partial charge in [0.05, 0.1) is 0 Å². The van der Waals surface area contributed by atoms with Gasteiger partial charge in [0.25, 0.3) is 11.8 Å². The maximum atomic E-state index is 13.1. The number of amides is 3. The van der Waals surface area contributed by atoms with Gasteiger partial charge in [0.2, 0.25) is 5.91 Å². The van der Waals surface area contributed by atoms with E-state index in [2.05, 4.69) is 40.2 Å². The van der Waals surface area contributed by atoms with Gasteiger partial charge in [0.1, 0.15) is 6.04 Å². The van der Waals surface area contributed by atoms with Gasteiger partial charge in [-0.25, -0.2) is 0 Å². The van der Waals surface area contributed by atoms with Gasteiger partial charge >= 0.3 is 0 Å². The van der Waals surface area contributed by atoms with E-state index >= 15 is 0 Å². The van der Waals surface area contributed by atoms with Gasteiger partial charge in [-0.3, -0.25) is 14.4 Å². The first-order chi connectivity index (χ1) is 17.5. The number of benzene rings is 2. The number of nitrogens with two attached hydrogens (primary N) is 1. The fraction of sp³-hybridized carbons (Fsp3) is 0.464. The molecule has 198 valence electrons. The molecule has 1 fully saturated rings. The van der Waals surface area contributed by atoms with Crippen LogP contribution in [0.4, 0.5) is 0 Å². The summed E-state index contributed by atoms with van der Waals surface area (Å²) < 4.78 is 5.43. The number of epoxide rings is 1. The lowest BCUT2D eigenvalue weighted by Crippen LogP contribution is -2.51. The molecule has 3 aliphatic rings. The predicted octanol–water partition coefficient (Wildman–Crippen LogP) is 1.36. The summed E-state index contributed by atoms with van der Waals surface area (Å²) in [7, 11) is 0. The average molecular weight is 527 g/mol. The molecule has 2 aromatic rings. The smallest absolute Gasteiger partial charge is 0.253 e. The third-order valence-electron chi connectivity index (χ3n) is 7.38. The Morgan fingerprint density at radius 3 is 1.78 bits per heavy atom. The lowest BCUT2D eigenvalue weighted by atomic mass is 10.1. The van der Waals surface area contributed by atoms with E-state index < -0.39 is 24.2 Å². The Bertz CT molecular complexity index is 1090. The molecule has 0 saturated carbocycles. The molecular weight excluding hydrogens is 492 g/mol. The molecule has 3 amide bonds. The molecule has 0 aromatic heterocycles. The van der Waals surface area contributed by atoms with Gasteiger partial charge in [-0.2, -0.15) is 0 Å². The Morgan fingerprint density at radius 1 is 0.784 bits per heavy atom. The van der Waals surface area contributed by atoms with E-state index in [-0.39, 0.29) is 36.3 Å². The Balaban J connectivity index is 0.00000320. The van der Waals surface area contributed by atoms with Crippen molar-refractivity contribution in [1.82, 2.24) is 16.0 Å². The van der Waals surface area contributed by atoms with Crippen molar-refractivity contribution in [2.45, 2.75) is 75.3 Å². The zero-order chi connectivity index (χ0) is 25.1. The van der Waals surface area contributed by atoms with Crippen LogP contribution in [0.2, 0.25) is 0 Å². The van der Waals surface area contributed by atoms with Crippen molar-refractivity contribution >= 4 is 30.1 Å². The normalized spacial score (nSPS) is 20.8. The summed E-state index contributed by atoms with van der Waals surface area (Å²) in [6, 6.07) is 15.7. The molecule has 0 bridgehead atoms. The van der Waals surface area contributed by atoms with Gasteiger partial charge in [-0.1, -0.05) is 48.5 Å². The number of halogens is 1. The molecule has 9 heteroatoms. The highest BCUT2D eigenvalue weighted by molar-refractivity contribution is 5.97. The van der Waals surface area contributed by atoms with Crippen LogP contribution in [0, 0.1) is 0 Å². The first-order valence-electron chi connectivity index (χ1n) is 12.9. The van der Waals surface area contributed by atoms with Crippen molar-refractivity contribution in [3.05, 3.63) is 70.8 Å². The van der Waals surface area contributed by atoms with Crippen molar-refractivity contribution < 1.29 is 19.1 Å². The van der Waals surface area contributed by atoms with Crippen molar-refractivity contribution in [2.75, 3.05) is 6.54 Å². The first kappa shape index (κ1) is 27.1. The Morgan fingerprint density at radius 2 is 1.27 bits per heavy atom. The maximum Gasteiger partial charge on any atom is 0.253 e. The summed E-state index contributed by atoms with van der Waals surface area (Å²) >= 11 is 0. The van der Waals surface area contributed by atoms with Crippen LogP contribution >= 0.6 is 12.4 Å². The molecule has 2 aromatic carbocycles. The van der Waals surface area contributed by atoms with Crippen LogP contribution in [0.25, 0.3) is 0 Å². The minimum Gasteiger partial charge on any atom is -0.351 e. The molecule has 1 aliphatic heterocycles. The molecule has 0 radical (unpaired) electrons. The zero-order valence-electron chi connectivity index (χ0n) is 20.8. The van der Waals surface area contributed by atoms with Crippen molar-refractivity contribution in [3.8, 4) is 0 Å². The zero-order valence-corrected chi connectivity index (χ0v) is 21.6. The topological polar surface area (TPSA) is 126 Å². The molecule has 0 spiro atoms. The van der Waals surface area contributed by atoms with E-state index in [0.29, 0.717) is 13.0 Å². The summed E-state index contributed by atoms with van der Waals surface area (Å²) in [6.07, 6.45) is 3.41. The maximum absolute atomic E-state index is 13.1. The lowest BCUT2D eigenvalue weighted by Gasteiger charge is -2.21. The summed E-state index contributed by atoms with van der Waals surface area (Å²) in [5.74, 6) is -0.906. The average Bonchev–Trinajstić information content (AvgIpc) is 3.42. The third-order valence-corrected chi connectivity index (χ3v) is 7.38. The fourth-order valence-corrected chi connectivity index (χ4v) is 5.43. The van der Waals surface area contributed by atoms with E-state index in [4.69, 9.17) is 10.5 Å². The summed E-state index contributed by atoms with van der Waals surface area (Å²) in [6.45, 7) is 0.527. The largest absolute Gasteiger partial charge is 0.351 e. The molecule has 1 saturated heterocycles. The molecule has 5 N–H and O–H groups in total. The molecule has 3 atom stereocenters. The van der Waals surface area contributed by atoms with Crippen LogP contribution in [0.3, 0.4) is 0 Å². The molecule has 8 nitrogen and oxygen atoms in total. The van der Waals surface area contributed by atoms with Crippen molar-refractivity contribution in [2.24, 2.45) is 5.73 Å². The van der Waals surface area contributed by atoms with E-state index in [9.17, 15) is 14.4 Å². The van der Waals surface area contributed by atoms with E-state index in [1.165, 1.54) is 22.3 Å². The molecule has 1 heterocycles. The third kappa shape index (κ3) is 6.50. The number of nitrogens with one attached hydrogen (secondary N) is 3. The number of hydrogen-bond acceptors (Lipinski definition) is 5. The second kappa shape index (κ2) is 12.1. The second-order valence-corrected chi connectivity index (χ2v) is 10.1. The number of ether oxygens (including phenoxy) is 1. The fourth-order valence-electron chi connectivity index (χ4n) is 5.43. The molecule has 2 aliphatic carbocycles.